The monoisotopic (exact) mass is 520 g/mol. The van der Waals surface area contributed by atoms with Crippen molar-refractivity contribution in [1.82, 2.24) is 20.0 Å². The van der Waals surface area contributed by atoms with Crippen molar-refractivity contribution in [2.24, 2.45) is 0 Å². The van der Waals surface area contributed by atoms with Gasteiger partial charge in [-0.3, -0.25) is 9.80 Å². The molecule has 4 atom stereocenters. The summed E-state index contributed by atoms with van der Waals surface area (Å²) in [6.45, 7) is 20.5. The van der Waals surface area contributed by atoms with Gasteiger partial charge in [-0.1, -0.05) is 0 Å². The molecule has 0 unspecified atom stereocenters. The van der Waals surface area contributed by atoms with E-state index in [0.717, 1.165) is 39.3 Å². The Bertz CT molecular complexity index is 882. The van der Waals surface area contributed by atoms with Crippen molar-refractivity contribution in [2.75, 3.05) is 26.2 Å². The molecule has 0 aliphatic carbocycles. The highest BCUT2D eigenvalue weighted by atomic mass is 32.1. The van der Waals surface area contributed by atoms with E-state index in [1.165, 1.54) is 11.1 Å². The number of thiophene rings is 2. The van der Waals surface area contributed by atoms with Crippen molar-refractivity contribution >= 4 is 28.8 Å². The third-order valence-corrected chi connectivity index (χ3v) is 8.03. The molecule has 35 heavy (non-hydrogen) atoms. The molecule has 4 rings (SSSR count). The Labute approximate surface area is 220 Å². The second kappa shape index (κ2) is 12.7. The van der Waals surface area contributed by atoms with Crippen LogP contribution in [0.1, 0.15) is 59.6 Å². The first-order valence-corrected chi connectivity index (χ1v) is 14.6. The number of carbonyl (C=O) groups is 1. The van der Waals surface area contributed by atoms with Crippen LogP contribution in [0.15, 0.2) is 33.7 Å². The predicted octanol–water partition coefficient (Wildman–Crippen LogP) is 5.51. The van der Waals surface area contributed by atoms with Crippen LogP contribution < -0.4 is 5.32 Å². The first-order valence-electron chi connectivity index (χ1n) is 12.7. The zero-order chi connectivity index (χ0) is 25.6. The lowest BCUT2D eigenvalue weighted by Crippen LogP contribution is -2.58. The van der Waals surface area contributed by atoms with Gasteiger partial charge >= 0.3 is 6.09 Å². The summed E-state index contributed by atoms with van der Waals surface area (Å²) in [5.41, 5.74) is 2.37. The number of piperazine rings is 2. The van der Waals surface area contributed by atoms with E-state index in [0.29, 0.717) is 18.1 Å². The molecule has 2 aromatic rings. The molecule has 2 aromatic heterocycles. The number of nitrogens with one attached hydrogen (secondary N) is 1. The van der Waals surface area contributed by atoms with Crippen molar-refractivity contribution in [3.63, 3.8) is 0 Å². The fraction of sp³-hybridized carbons (Fsp3) is 0.667. The molecule has 196 valence electrons. The minimum atomic E-state index is -0.437. The van der Waals surface area contributed by atoms with E-state index < -0.39 is 5.60 Å². The Balaban J connectivity index is 0.000000211. The van der Waals surface area contributed by atoms with Crippen molar-refractivity contribution in [3.05, 3.63) is 44.8 Å². The lowest BCUT2D eigenvalue weighted by molar-refractivity contribution is -0.0116. The maximum Gasteiger partial charge on any atom is 0.410 e. The van der Waals surface area contributed by atoms with Gasteiger partial charge in [0.1, 0.15) is 5.60 Å². The first kappa shape index (κ1) is 28.1. The van der Waals surface area contributed by atoms with Crippen LogP contribution in [0.5, 0.6) is 0 Å². The van der Waals surface area contributed by atoms with Crippen LogP contribution in [-0.2, 0) is 17.8 Å². The van der Waals surface area contributed by atoms with Gasteiger partial charge in [0.25, 0.3) is 0 Å². The van der Waals surface area contributed by atoms with Gasteiger partial charge in [0.15, 0.2) is 0 Å². The Morgan fingerprint density at radius 2 is 1.49 bits per heavy atom. The summed E-state index contributed by atoms with van der Waals surface area (Å²) in [7, 11) is 0. The van der Waals surface area contributed by atoms with Gasteiger partial charge in [-0.05, 0) is 93.2 Å². The highest BCUT2D eigenvalue weighted by molar-refractivity contribution is 7.08. The zero-order valence-electron chi connectivity index (χ0n) is 22.5. The second-order valence-electron chi connectivity index (χ2n) is 11.1. The number of amides is 1. The Kier molecular flexibility index (Phi) is 10.2. The van der Waals surface area contributed by atoms with Gasteiger partial charge in [0, 0.05) is 63.4 Å². The summed E-state index contributed by atoms with van der Waals surface area (Å²) in [6.07, 6.45) is -0.197. The van der Waals surface area contributed by atoms with E-state index in [1.807, 2.05) is 25.7 Å². The Hall–Kier alpha value is -1.45. The van der Waals surface area contributed by atoms with Crippen molar-refractivity contribution in [1.29, 1.82) is 0 Å². The summed E-state index contributed by atoms with van der Waals surface area (Å²) < 4.78 is 5.51. The van der Waals surface area contributed by atoms with Gasteiger partial charge < -0.3 is 15.0 Å². The molecule has 6 nitrogen and oxygen atoms in total. The molecule has 2 fully saturated rings. The molecule has 8 heteroatoms. The van der Waals surface area contributed by atoms with Crippen molar-refractivity contribution < 1.29 is 9.53 Å². The third-order valence-electron chi connectivity index (χ3n) is 6.57. The fourth-order valence-corrected chi connectivity index (χ4v) is 5.86. The van der Waals surface area contributed by atoms with Gasteiger partial charge in [0.05, 0.1) is 0 Å². The normalized spacial score (nSPS) is 26.2. The van der Waals surface area contributed by atoms with Gasteiger partial charge in [-0.15, -0.1) is 0 Å². The number of rotatable bonds is 4. The Morgan fingerprint density at radius 1 is 0.914 bits per heavy atom. The molecule has 2 aliphatic heterocycles. The minimum absolute atomic E-state index is 0.176. The second-order valence-corrected chi connectivity index (χ2v) is 12.7. The van der Waals surface area contributed by atoms with Gasteiger partial charge in [-0.2, -0.15) is 22.7 Å². The Morgan fingerprint density at radius 3 is 2.00 bits per heavy atom. The van der Waals surface area contributed by atoms with Gasteiger partial charge in [-0.25, -0.2) is 4.79 Å². The SMILES string of the molecule is C[C@@H]1CN(Cc2ccsc2)[C@@H](C)CN1.C[C@@H]1CN(Cc2ccsc2)[C@@H](C)CN1C(=O)OC(C)(C)C. The van der Waals surface area contributed by atoms with Crippen LogP contribution in [-0.4, -0.2) is 76.7 Å². The van der Waals surface area contributed by atoms with Crippen LogP contribution in [0.2, 0.25) is 0 Å². The maximum atomic E-state index is 12.3. The molecule has 0 bridgehead atoms. The lowest BCUT2D eigenvalue weighted by Gasteiger charge is -2.44. The number of hydrogen-bond donors (Lipinski definition) is 1. The van der Waals surface area contributed by atoms with Crippen LogP contribution in [0.25, 0.3) is 0 Å². The summed E-state index contributed by atoms with van der Waals surface area (Å²) >= 11 is 3.52. The van der Waals surface area contributed by atoms with E-state index in [2.05, 4.69) is 76.5 Å². The third kappa shape index (κ3) is 8.86. The molecule has 0 saturated carbocycles. The molecule has 4 heterocycles. The van der Waals surface area contributed by atoms with E-state index in [9.17, 15) is 4.79 Å². The van der Waals surface area contributed by atoms with Gasteiger partial charge in [0.2, 0.25) is 0 Å². The molecule has 0 radical (unpaired) electrons. The topological polar surface area (TPSA) is 48.0 Å². The molecule has 0 spiro atoms. The summed E-state index contributed by atoms with van der Waals surface area (Å²) in [6, 6.07) is 6.20. The quantitative estimate of drug-likeness (QED) is 0.576. The molecular weight excluding hydrogens is 476 g/mol. The highest BCUT2D eigenvalue weighted by Gasteiger charge is 2.34. The molecule has 1 amide bonds. The van der Waals surface area contributed by atoms with Crippen LogP contribution in [0, 0.1) is 0 Å². The van der Waals surface area contributed by atoms with Crippen LogP contribution in [0.3, 0.4) is 0 Å². The van der Waals surface area contributed by atoms with E-state index in [4.69, 9.17) is 4.74 Å². The first-order chi connectivity index (χ1) is 16.5. The van der Waals surface area contributed by atoms with E-state index in [1.54, 1.807) is 22.7 Å². The fourth-order valence-electron chi connectivity index (χ4n) is 4.55. The predicted molar refractivity (Wildman–Crippen MR) is 148 cm³/mol. The minimum Gasteiger partial charge on any atom is -0.444 e. The molecule has 1 N–H and O–H groups in total. The van der Waals surface area contributed by atoms with Crippen LogP contribution in [0.4, 0.5) is 4.79 Å². The summed E-state index contributed by atoms with van der Waals surface area (Å²) in [5.74, 6) is 0. The van der Waals surface area contributed by atoms with E-state index >= 15 is 0 Å². The molecular formula is C27H44N4O2S2. The zero-order valence-corrected chi connectivity index (χ0v) is 24.1. The van der Waals surface area contributed by atoms with E-state index in [-0.39, 0.29) is 12.1 Å². The highest BCUT2D eigenvalue weighted by Crippen LogP contribution is 2.21. The lowest BCUT2D eigenvalue weighted by atomic mass is 10.1. The molecule has 2 saturated heterocycles. The largest absolute Gasteiger partial charge is 0.444 e. The summed E-state index contributed by atoms with van der Waals surface area (Å²) in [5, 5.41) is 12.2. The summed E-state index contributed by atoms with van der Waals surface area (Å²) in [4.78, 5) is 19.1. The molecule has 0 aromatic carbocycles. The average molecular weight is 521 g/mol. The molecule has 2 aliphatic rings. The number of ether oxygens (including phenoxy) is 1. The van der Waals surface area contributed by atoms with Crippen molar-refractivity contribution in [2.45, 2.75) is 91.3 Å². The number of nitrogens with zero attached hydrogens (tertiary/aromatic N) is 3. The number of hydrogen-bond acceptors (Lipinski definition) is 7. The standard InChI is InChI=1S/C16H26N2O2S.C11H18N2S/c1-12-9-18(15(19)20-16(3,4)5)13(2)8-17(12)10-14-6-7-21-11-14;1-9-6-13(10(2)5-12-9)7-11-3-4-14-8-11/h6-7,11-13H,8-10H2,1-5H3;3-4,8-10,12H,5-7H2,1-2H3/t12-,13+;9-,10+/m01/s1. The smallest absolute Gasteiger partial charge is 0.410 e. The van der Waals surface area contributed by atoms with Crippen molar-refractivity contribution in [3.8, 4) is 0 Å². The van der Waals surface area contributed by atoms with Crippen LogP contribution >= 0.6 is 22.7 Å². The maximum absolute atomic E-state index is 12.3. The average Bonchev–Trinajstić information content (AvgIpc) is 3.47. The number of carbonyl (C=O) groups excluding carboxylic acids is 1.